The van der Waals surface area contributed by atoms with Gasteiger partial charge in [0.05, 0.1) is 6.61 Å². The summed E-state index contributed by atoms with van der Waals surface area (Å²) in [7, 11) is -1.96. The predicted octanol–water partition coefficient (Wildman–Crippen LogP) is 3.98. The molecule has 0 aromatic heterocycles. The quantitative estimate of drug-likeness (QED) is 0.472. The number of nitrogens with one attached hydrogen (secondary N) is 1. The Hall–Kier alpha value is -0.670. The SMILES string of the molecule is CCCCOC(=O)NC1CCC(CCCCC[P+](=O)O)C1. The van der Waals surface area contributed by atoms with E-state index in [1.807, 2.05) is 0 Å². The first-order valence-electron chi connectivity index (χ1n) is 8.18. The summed E-state index contributed by atoms with van der Waals surface area (Å²) >= 11 is 0. The summed E-state index contributed by atoms with van der Waals surface area (Å²) in [5, 5.41) is 2.95. The van der Waals surface area contributed by atoms with Crippen LogP contribution in [0.3, 0.4) is 0 Å². The van der Waals surface area contributed by atoms with Gasteiger partial charge in [0.15, 0.2) is 6.16 Å². The van der Waals surface area contributed by atoms with Crippen molar-refractivity contribution in [1.82, 2.24) is 5.32 Å². The number of carbonyl (C=O) groups excluding carboxylic acids is 1. The summed E-state index contributed by atoms with van der Waals surface area (Å²) in [4.78, 5) is 20.3. The number of unbranched alkanes of at least 4 members (excludes halogenated alkanes) is 3. The topological polar surface area (TPSA) is 75.6 Å². The van der Waals surface area contributed by atoms with Crippen LogP contribution >= 0.6 is 8.03 Å². The van der Waals surface area contributed by atoms with Crippen molar-refractivity contribution in [2.45, 2.75) is 70.8 Å². The summed E-state index contributed by atoms with van der Waals surface area (Å²) in [5.74, 6) is 0.675. The van der Waals surface area contributed by atoms with Gasteiger partial charge < -0.3 is 10.1 Å². The number of ether oxygens (including phenoxy) is 1. The monoisotopic (exact) mass is 318 g/mol. The number of hydrogen-bond donors (Lipinski definition) is 2. The minimum atomic E-state index is -1.96. The van der Waals surface area contributed by atoms with E-state index in [1.54, 1.807) is 0 Å². The van der Waals surface area contributed by atoms with Gasteiger partial charge in [0.25, 0.3) is 0 Å². The van der Waals surface area contributed by atoms with Crippen LogP contribution in [0, 0.1) is 5.92 Å². The smallest absolute Gasteiger partial charge is 0.450 e. The standard InChI is InChI=1S/C15H28NO4P/c1-2-3-10-20-15(17)16-14-9-8-13(12-14)7-5-4-6-11-21(18)19/h13-14H,2-12H2,1H3,(H-,16,17,18,19)/p+1. The molecule has 1 aliphatic carbocycles. The van der Waals surface area contributed by atoms with Crippen LogP contribution in [0.1, 0.15) is 64.7 Å². The fourth-order valence-corrected chi connectivity index (χ4v) is 3.34. The molecule has 0 radical (unpaired) electrons. The van der Waals surface area contributed by atoms with Crippen molar-refractivity contribution in [2.24, 2.45) is 5.92 Å². The maximum Gasteiger partial charge on any atom is 0.505 e. The second-order valence-electron chi connectivity index (χ2n) is 5.93. The number of alkyl carbamates (subject to hydrolysis) is 1. The Kier molecular flexibility index (Phi) is 9.60. The van der Waals surface area contributed by atoms with Crippen molar-refractivity contribution in [3.8, 4) is 0 Å². The second-order valence-corrected chi connectivity index (χ2v) is 7.09. The van der Waals surface area contributed by atoms with E-state index in [1.165, 1.54) is 0 Å². The van der Waals surface area contributed by atoms with Crippen molar-refractivity contribution in [3.05, 3.63) is 0 Å². The second kappa shape index (κ2) is 11.0. The highest BCUT2D eigenvalue weighted by Gasteiger charge is 2.25. The molecule has 0 bridgehead atoms. The van der Waals surface area contributed by atoms with Crippen molar-refractivity contribution in [2.75, 3.05) is 12.8 Å². The molecule has 0 aliphatic heterocycles. The molecule has 6 heteroatoms. The van der Waals surface area contributed by atoms with Gasteiger partial charge in [0.2, 0.25) is 0 Å². The van der Waals surface area contributed by atoms with Crippen LogP contribution in [-0.4, -0.2) is 29.8 Å². The van der Waals surface area contributed by atoms with Gasteiger partial charge in [-0.15, -0.1) is 0 Å². The minimum absolute atomic E-state index is 0.260. The molecule has 5 nitrogen and oxygen atoms in total. The van der Waals surface area contributed by atoms with Gasteiger partial charge in [0.1, 0.15) is 0 Å². The van der Waals surface area contributed by atoms with E-state index in [0.717, 1.165) is 57.8 Å². The van der Waals surface area contributed by atoms with Gasteiger partial charge >= 0.3 is 14.1 Å². The molecule has 21 heavy (non-hydrogen) atoms. The molecule has 1 fully saturated rings. The van der Waals surface area contributed by atoms with Crippen LogP contribution in [0.25, 0.3) is 0 Å². The van der Waals surface area contributed by atoms with Gasteiger partial charge in [-0.3, -0.25) is 0 Å². The van der Waals surface area contributed by atoms with E-state index in [4.69, 9.17) is 9.63 Å². The molecule has 2 N–H and O–H groups in total. The molecule has 0 spiro atoms. The summed E-state index contributed by atoms with van der Waals surface area (Å²) < 4.78 is 15.7. The van der Waals surface area contributed by atoms with E-state index >= 15 is 0 Å². The van der Waals surface area contributed by atoms with Crippen LogP contribution in [0.4, 0.5) is 4.79 Å². The van der Waals surface area contributed by atoms with E-state index < -0.39 is 8.03 Å². The summed E-state index contributed by atoms with van der Waals surface area (Å²) in [6.45, 7) is 2.58. The first-order valence-corrected chi connectivity index (χ1v) is 9.58. The first kappa shape index (κ1) is 18.4. The molecule has 0 aromatic carbocycles. The first-order chi connectivity index (χ1) is 10.1. The highest BCUT2D eigenvalue weighted by atomic mass is 31.1. The van der Waals surface area contributed by atoms with Crippen LogP contribution in [-0.2, 0) is 9.30 Å². The maximum atomic E-state index is 11.6. The van der Waals surface area contributed by atoms with Crippen molar-refractivity contribution < 1.29 is 19.0 Å². The molecule has 1 amide bonds. The number of rotatable bonds is 10. The zero-order chi connectivity index (χ0) is 15.5. The molecular formula is C15H29NO4P+. The fourth-order valence-electron chi connectivity index (χ4n) is 2.84. The normalized spacial score (nSPS) is 22.1. The van der Waals surface area contributed by atoms with Gasteiger partial charge in [-0.25, -0.2) is 4.79 Å². The van der Waals surface area contributed by atoms with E-state index in [-0.39, 0.29) is 12.1 Å². The van der Waals surface area contributed by atoms with E-state index in [9.17, 15) is 9.36 Å². The molecule has 0 heterocycles. The molecule has 3 atom stereocenters. The van der Waals surface area contributed by atoms with Crippen LogP contribution < -0.4 is 5.32 Å². The Morgan fingerprint density at radius 1 is 1.29 bits per heavy atom. The molecule has 0 saturated heterocycles. The Labute approximate surface area is 128 Å². The molecular weight excluding hydrogens is 289 g/mol. The largest absolute Gasteiger partial charge is 0.505 e. The van der Waals surface area contributed by atoms with Crippen molar-refractivity contribution in [3.63, 3.8) is 0 Å². The predicted molar refractivity (Wildman–Crippen MR) is 83.7 cm³/mol. The molecule has 1 rings (SSSR count). The Morgan fingerprint density at radius 2 is 2.10 bits per heavy atom. The highest BCUT2D eigenvalue weighted by molar-refractivity contribution is 7.37. The van der Waals surface area contributed by atoms with E-state index in [2.05, 4.69) is 12.2 Å². The van der Waals surface area contributed by atoms with Gasteiger partial charge in [-0.05, 0) is 49.0 Å². The fraction of sp³-hybridized carbons (Fsp3) is 0.933. The van der Waals surface area contributed by atoms with Crippen molar-refractivity contribution >= 4 is 14.1 Å². The van der Waals surface area contributed by atoms with Gasteiger partial charge in [-0.1, -0.05) is 26.2 Å². The number of hydrogen-bond acceptors (Lipinski definition) is 3. The lowest BCUT2D eigenvalue weighted by atomic mass is 10.00. The lowest BCUT2D eigenvalue weighted by Crippen LogP contribution is -2.33. The number of carbonyl (C=O) groups is 1. The third kappa shape index (κ3) is 9.05. The zero-order valence-electron chi connectivity index (χ0n) is 13.1. The van der Waals surface area contributed by atoms with Gasteiger partial charge in [0, 0.05) is 6.04 Å². The molecule has 0 aromatic rings. The third-order valence-electron chi connectivity index (χ3n) is 4.06. The minimum Gasteiger partial charge on any atom is -0.450 e. The molecule has 1 aliphatic rings. The Bertz CT molecular complexity index is 325. The highest BCUT2D eigenvalue weighted by Crippen LogP contribution is 2.30. The molecule has 1 saturated carbocycles. The Balaban J connectivity index is 2.04. The van der Waals surface area contributed by atoms with Crippen LogP contribution in [0.15, 0.2) is 0 Å². The summed E-state index contributed by atoms with van der Waals surface area (Å²) in [5.41, 5.74) is 0. The van der Waals surface area contributed by atoms with Gasteiger partial charge in [-0.2, -0.15) is 4.89 Å². The number of amides is 1. The zero-order valence-corrected chi connectivity index (χ0v) is 13.9. The van der Waals surface area contributed by atoms with Crippen LogP contribution in [0.2, 0.25) is 0 Å². The lowest BCUT2D eigenvalue weighted by Gasteiger charge is -2.13. The van der Waals surface area contributed by atoms with Crippen LogP contribution in [0.5, 0.6) is 0 Å². The lowest BCUT2D eigenvalue weighted by molar-refractivity contribution is 0.140. The maximum absolute atomic E-state index is 11.6. The summed E-state index contributed by atoms with van der Waals surface area (Å²) in [6, 6.07) is 0.260. The average molecular weight is 318 g/mol. The molecule has 122 valence electrons. The third-order valence-corrected chi connectivity index (χ3v) is 4.75. The Morgan fingerprint density at radius 3 is 2.81 bits per heavy atom. The average Bonchev–Trinajstić information content (AvgIpc) is 2.86. The van der Waals surface area contributed by atoms with Crippen molar-refractivity contribution in [1.29, 1.82) is 0 Å². The molecule has 3 unspecified atom stereocenters. The summed E-state index contributed by atoms with van der Waals surface area (Å²) in [6.07, 6.45) is 9.46. The van der Waals surface area contributed by atoms with E-state index in [0.29, 0.717) is 18.7 Å².